The molecule has 1 atom stereocenters. The Morgan fingerprint density at radius 2 is 2.04 bits per heavy atom. The molecule has 1 saturated heterocycles. The minimum atomic E-state index is -3.85. The number of sulfonamides is 1. The van der Waals surface area contributed by atoms with Crippen LogP contribution in [0.2, 0.25) is 5.02 Å². The molecular weight excluding hydrogens is 389 g/mol. The van der Waals surface area contributed by atoms with E-state index in [0.717, 1.165) is 0 Å². The van der Waals surface area contributed by atoms with E-state index in [2.05, 4.69) is 5.32 Å². The van der Waals surface area contributed by atoms with E-state index in [9.17, 15) is 13.2 Å². The van der Waals surface area contributed by atoms with Crippen molar-refractivity contribution in [3.63, 3.8) is 0 Å². The van der Waals surface area contributed by atoms with Gasteiger partial charge in [0.05, 0.1) is 12.7 Å². The Balaban J connectivity index is 0.00000312. The standard InChI is InChI=1S/C15H22ClN3O4S.ClH/c1-10-9-17-5-6-19(10)24(21,22)13-8-11(16)7-12(14(13)23-4)15(20)18(2)3;/h7-8,10,17H,5-6,9H2,1-4H3;1H. The summed E-state index contributed by atoms with van der Waals surface area (Å²) >= 11 is 6.09. The number of carbonyl (C=O) groups is 1. The molecule has 0 aliphatic carbocycles. The molecule has 2 rings (SSSR count). The Kier molecular flexibility index (Phi) is 7.52. The fourth-order valence-corrected chi connectivity index (χ4v) is 4.80. The van der Waals surface area contributed by atoms with Crippen LogP contribution in [0.3, 0.4) is 0 Å². The van der Waals surface area contributed by atoms with Gasteiger partial charge in [0.1, 0.15) is 4.90 Å². The number of benzene rings is 1. The highest BCUT2D eigenvalue weighted by molar-refractivity contribution is 7.89. The van der Waals surface area contributed by atoms with Crippen molar-refractivity contribution in [1.82, 2.24) is 14.5 Å². The van der Waals surface area contributed by atoms with Gasteiger partial charge >= 0.3 is 0 Å². The van der Waals surface area contributed by atoms with Crippen LogP contribution < -0.4 is 10.1 Å². The Morgan fingerprint density at radius 3 is 2.56 bits per heavy atom. The van der Waals surface area contributed by atoms with E-state index in [0.29, 0.717) is 19.6 Å². The minimum absolute atomic E-state index is 0. The Labute approximate surface area is 159 Å². The van der Waals surface area contributed by atoms with Gasteiger partial charge in [0.15, 0.2) is 5.75 Å². The fourth-order valence-electron chi connectivity index (χ4n) is 2.68. The lowest BCUT2D eigenvalue weighted by Gasteiger charge is -2.33. The van der Waals surface area contributed by atoms with Gasteiger partial charge in [-0.25, -0.2) is 8.42 Å². The second-order valence-electron chi connectivity index (χ2n) is 5.85. The van der Waals surface area contributed by atoms with E-state index in [4.69, 9.17) is 16.3 Å². The van der Waals surface area contributed by atoms with Crippen LogP contribution >= 0.6 is 24.0 Å². The van der Waals surface area contributed by atoms with Crippen LogP contribution in [0, 0.1) is 0 Å². The molecule has 0 aromatic heterocycles. The normalized spacial score (nSPS) is 18.4. The first-order valence-corrected chi connectivity index (χ1v) is 9.33. The molecule has 10 heteroatoms. The van der Waals surface area contributed by atoms with Crippen LogP contribution in [0.5, 0.6) is 5.75 Å². The second-order valence-corrected chi connectivity index (χ2v) is 8.15. The van der Waals surface area contributed by atoms with Crippen molar-refractivity contribution in [1.29, 1.82) is 0 Å². The third-order valence-corrected chi connectivity index (χ3v) is 6.12. The SMILES string of the molecule is COc1c(C(=O)N(C)C)cc(Cl)cc1S(=O)(=O)N1CCNCC1C.Cl. The maximum absolute atomic E-state index is 13.1. The fraction of sp³-hybridized carbons (Fsp3) is 0.533. The van der Waals surface area contributed by atoms with Crippen molar-refractivity contribution < 1.29 is 17.9 Å². The molecule has 1 unspecified atom stereocenters. The summed E-state index contributed by atoms with van der Waals surface area (Å²) in [6.07, 6.45) is 0. The number of nitrogens with zero attached hydrogens (tertiary/aromatic N) is 2. The maximum Gasteiger partial charge on any atom is 0.257 e. The molecule has 0 saturated carbocycles. The number of ether oxygens (including phenoxy) is 1. The van der Waals surface area contributed by atoms with Gasteiger partial charge in [-0.2, -0.15) is 4.31 Å². The van der Waals surface area contributed by atoms with Gasteiger partial charge in [-0.3, -0.25) is 4.79 Å². The van der Waals surface area contributed by atoms with Crippen LogP contribution in [0.1, 0.15) is 17.3 Å². The van der Waals surface area contributed by atoms with Gasteiger partial charge in [-0.05, 0) is 19.1 Å². The smallest absolute Gasteiger partial charge is 0.257 e. The zero-order valence-electron chi connectivity index (χ0n) is 14.6. The van der Waals surface area contributed by atoms with E-state index < -0.39 is 10.0 Å². The maximum atomic E-state index is 13.1. The molecule has 1 amide bonds. The summed E-state index contributed by atoms with van der Waals surface area (Å²) in [7, 11) is 0.655. The lowest BCUT2D eigenvalue weighted by atomic mass is 10.2. The summed E-state index contributed by atoms with van der Waals surface area (Å²) in [5, 5.41) is 3.32. The Hall–Kier alpha value is -1.06. The van der Waals surface area contributed by atoms with Gasteiger partial charge in [0.25, 0.3) is 5.91 Å². The summed E-state index contributed by atoms with van der Waals surface area (Å²) in [6.45, 7) is 3.30. The van der Waals surface area contributed by atoms with Crippen molar-refractivity contribution in [2.75, 3.05) is 40.8 Å². The highest BCUT2D eigenvalue weighted by Crippen LogP contribution is 2.35. The molecule has 1 aliphatic heterocycles. The Morgan fingerprint density at radius 1 is 1.40 bits per heavy atom. The van der Waals surface area contributed by atoms with Crippen molar-refractivity contribution in [3.05, 3.63) is 22.7 Å². The number of hydrogen-bond donors (Lipinski definition) is 1. The monoisotopic (exact) mass is 411 g/mol. The molecule has 25 heavy (non-hydrogen) atoms. The number of nitrogens with one attached hydrogen (secondary N) is 1. The number of carbonyl (C=O) groups excluding carboxylic acids is 1. The van der Waals surface area contributed by atoms with E-state index >= 15 is 0 Å². The first-order valence-electron chi connectivity index (χ1n) is 7.52. The number of halogens is 2. The van der Waals surface area contributed by atoms with Crippen molar-refractivity contribution in [2.24, 2.45) is 0 Å². The van der Waals surface area contributed by atoms with Crippen molar-refractivity contribution >= 4 is 39.9 Å². The second kappa shape index (κ2) is 8.55. The van der Waals surface area contributed by atoms with Crippen LogP contribution in [-0.4, -0.2) is 70.4 Å². The van der Waals surface area contributed by atoms with Crippen molar-refractivity contribution in [2.45, 2.75) is 17.9 Å². The van der Waals surface area contributed by atoms with Crippen LogP contribution in [-0.2, 0) is 10.0 Å². The number of amides is 1. The van der Waals surface area contributed by atoms with E-state index in [1.54, 1.807) is 14.1 Å². The zero-order valence-corrected chi connectivity index (χ0v) is 17.0. The summed E-state index contributed by atoms with van der Waals surface area (Å²) < 4.78 is 32.9. The van der Waals surface area contributed by atoms with Gasteiger partial charge in [0.2, 0.25) is 10.0 Å². The van der Waals surface area contributed by atoms with Gasteiger partial charge < -0.3 is 15.0 Å². The van der Waals surface area contributed by atoms with Crippen LogP contribution in [0.25, 0.3) is 0 Å². The summed E-state index contributed by atoms with van der Waals surface area (Å²) in [5.41, 5.74) is 0.122. The van der Waals surface area contributed by atoms with Gasteiger partial charge in [-0.15, -0.1) is 12.4 Å². The molecule has 0 bridgehead atoms. The van der Waals surface area contributed by atoms with Crippen molar-refractivity contribution in [3.8, 4) is 5.75 Å². The molecule has 142 valence electrons. The average molecular weight is 412 g/mol. The molecular formula is C15H23Cl2N3O4S. The zero-order chi connectivity index (χ0) is 18.1. The van der Waals surface area contributed by atoms with E-state index in [-0.39, 0.29) is 45.6 Å². The number of methoxy groups -OCH3 is 1. The van der Waals surface area contributed by atoms with Crippen LogP contribution in [0.4, 0.5) is 0 Å². The molecule has 1 heterocycles. The number of hydrogen-bond acceptors (Lipinski definition) is 5. The number of piperazine rings is 1. The quantitative estimate of drug-likeness (QED) is 0.810. The highest BCUT2D eigenvalue weighted by atomic mass is 35.5. The van der Waals surface area contributed by atoms with Gasteiger partial charge in [-0.1, -0.05) is 11.6 Å². The molecule has 0 spiro atoms. The molecule has 1 fully saturated rings. The summed E-state index contributed by atoms with van der Waals surface area (Å²) in [4.78, 5) is 13.6. The molecule has 1 aliphatic rings. The molecule has 1 aromatic carbocycles. The summed E-state index contributed by atoms with van der Waals surface area (Å²) in [6, 6.07) is 2.54. The largest absolute Gasteiger partial charge is 0.494 e. The van der Waals surface area contributed by atoms with Gasteiger partial charge in [0, 0.05) is 44.8 Å². The average Bonchev–Trinajstić information content (AvgIpc) is 2.53. The van der Waals surface area contributed by atoms with Crippen LogP contribution in [0.15, 0.2) is 17.0 Å². The Bertz CT molecular complexity index is 741. The molecule has 7 nitrogen and oxygen atoms in total. The van der Waals surface area contributed by atoms with E-state index in [1.807, 2.05) is 6.92 Å². The first kappa shape index (κ1) is 22.0. The predicted molar refractivity (Wildman–Crippen MR) is 99.5 cm³/mol. The third-order valence-electron chi connectivity index (χ3n) is 3.89. The molecule has 0 radical (unpaired) electrons. The topological polar surface area (TPSA) is 79.0 Å². The lowest BCUT2D eigenvalue weighted by molar-refractivity contribution is 0.0823. The third kappa shape index (κ3) is 4.38. The molecule has 1 N–H and O–H groups in total. The lowest BCUT2D eigenvalue weighted by Crippen LogP contribution is -2.52. The number of rotatable bonds is 4. The highest BCUT2D eigenvalue weighted by Gasteiger charge is 2.35. The van der Waals surface area contributed by atoms with E-state index in [1.165, 1.54) is 28.4 Å². The molecule has 1 aromatic rings. The predicted octanol–water partition coefficient (Wildman–Crippen LogP) is 1.45. The summed E-state index contributed by atoms with van der Waals surface area (Å²) in [5.74, 6) is -0.358. The minimum Gasteiger partial charge on any atom is -0.494 e. The first-order chi connectivity index (χ1) is 11.2.